The molecule has 2 rings (SSSR count). The molecule has 0 spiro atoms. The fraction of sp³-hybridized carbons (Fsp3) is 0.391. The topological polar surface area (TPSA) is 66.4 Å². The molecule has 2 aromatic rings. The molecule has 2 N–H and O–H groups in total. The van der Waals surface area contributed by atoms with Gasteiger partial charge < -0.3 is 5.11 Å². The molecule has 2 amide bonds. The molecular weight excluding hydrogens is 393 g/mol. The number of benzene rings is 2. The molecule has 29 heavy (non-hydrogen) atoms. The van der Waals surface area contributed by atoms with Gasteiger partial charge in [-0.25, -0.2) is 4.39 Å². The molecule has 0 bridgehead atoms. The third kappa shape index (κ3) is 6.65. The average Bonchev–Trinajstić information content (AvgIpc) is 2.63. The molecule has 6 heteroatoms. The van der Waals surface area contributed by atoms with Crippen LogP contribution in [0.1, 0.15) is 39.7 Å². The summed E-state index contributed by atoms with van der Waals surface area (Å²) in [5.74, 6) is -1.43. The number of aliphatic hydroxyl groups excluding tert-OH is 1. The fourth-order valence-corrected chi connectivity index (χ4v) is 3.07. The second kappa shape index (κ2) is 9.51. The van der Waals surface area contributed by atoms with Gasteiger partial charge in [0.1, 0.15) is 11.9 Å². The first-order valence-electron chi connectivity index (χ1n) is 9.55. The molecule has 4 nitrogen and oxygen atoms in total. The first kappa shape index (κ1) is 23.0. The monoisotopic (exact) mass is 419 g/mol. The van der Waals surface area contributed by atoms with Crippen molar-refractivity contribution in [1.29, 1.82) is 0 Å². The predicted octanol–water partition coefficient (Wildman–Crippen LogP) is 4.76. The number of carbonyl (C=O) groups excluding carboxylic acids is 2. The van der Waals surface area contributed by atoms with Crippen LogP contribution in [0.2, 0.25) is 5.02 Å². The minimum Gasteiger partial charge on any atom is -0.383 e. The number of amides is 2. The Morgan fingerprint density at radius 2 is 1.76 bits per heavy atom. The third-order valence-corrected chi connectivity index (χ3v) is 4.86. The average molecular weight is 420 g/mol. The Morgan fingerprint density at radius 1 is 1.14 bits per heavy atom. The first-order valence-corrected chi connectivity index (χ1v) is 9.93. The van der Waals surface area contributed by atoms with Gasteiger partial charge in [0.05, 0.1) is 0 Å². The van der Waals surface area contributed by atoms with Crippen molar-refractivity contribution >= 4 is 23.4 Å². The Morgan fingerprint density at radius 3 is 2.34 bits per heavy atom. The standard InChI is InChI=1S/C23H27ClFNO3/c1-14(12-20(27)21(28)26-22(29)23(2,3)4)11-15-5-7-16(8-6-15)18-13-17(24)9-10-19(18)25/h5-10,13-14,20,27H,11-12H2,1-4H3,(H,26,28,29)/t14?,20-/m1/s1. The van der Waals surface area contributed by atoms with Crippen molar-refractivity contribution < 1.29 is 19.1 Å². The second-order valence-corrected chi connectivity index (χ2v) is 8.89. The summed E-state index contributed by atoms with van der Waals surface area (Å²) in [7, 11) is 0. The van der Waals surface area contributed by atoms with Crippen LogP contribution in [0.5, 0.6) is 0 Å². The number of hydrogen-bond acceptors (Lipinski definition) is 3. The highest BCUT2D eigenvalue weighted by atomic mass is 35.5. The highest BCUT2D eigenvalue weighted by Crippen LogP contribution is 2.27. The van der Waals surface area contributed by atoms with Gasteiger partial charge in [-0.3, -0.25) is 14.9 Å². The molecule has 0 aliphatic carbocycles. The van der Waals surface area contributed by atoms with Crippen LogP contribution in [0.4, 0.5) is 4.39 Å². The summed E-state index contributed by atoms with van der Waals surface area (Å²) in [5.41, 5.74) is 1.46. The minimum atomic E-state index is -1.25. The van der Waals surface area contributed by atoms with E-state index in [2.05, 4.69) is 5.32 Å². The van der Waals surface area contributed by atoms with Crippen LogP contribution in [-0.2, 0) is 16.0 Å². The minimum absolute atomic E-state index is 0.00856. The lowest BCUT2D eigenvalue weighted by Crippen LogP contribution is -2.44. The van der Waals surface area contributed by atoms with Gasteiger partial charge in [0.15, 0.2) is 0 Å². The molecule has 156 valence electrons. The summed E-state index contributed by atoms with van der Waals surface area (Å²) in [4.78, 5) is 23.9. The third-order valence-electron chi connectivity index (χ3n) is 4.62. The van der Waals surface area contributed by atoms with E-state index in [1.54, 1.807) is 26.8 Å². The Labute approximate surface area is 176 Å². The number of aliphatic hydroxyl groups is 1. The van der Waals surface area contributed by atoms with Crippen LogP contribution in [-0.4, -0.2) is 23.0 Å². The van der Waals surface area contributed by atoms with Crippen molar-refractivity contribution in [3.8, 4) is 11.1 Å². The van der Waals surface area contributed by atoms with E-state index in [-0.39, 0.29) is 18.2 Å². The van der Waals surface area contributed by atoms with E-state index in [0.717, 1.165) is 11.1 Å². The van der Waals surface area contributed by atoms with Crippen LogP contribution in [0.25, 0.3) is 11.1 Å². The molecule has 0 aliphatic heterocycles. The number of carbonyl (C=O) groups is 2. The van der Waals surface area contributed by atoms with Gasteiger partial charge >= 0.3 is 0 Å². The number of hydrogen-bond donors (Lipinski definition) is 2. The van der Waals surface area contributed by atoms with Gasteiger partial charge in [0.25, 0.3) is 5.91 Å². The van der Waals surface area contributed by atoms with Crippen molar-refractivity contribution in [2.24, 2.45) is 11.3 Å². The lowest BCUT2D eigenvalue weighted by molar-refractivity contribution is -0.139. The number of imide groups is 1. The summed E-state index contributed by atoms with van der Waals surface area (Å²) in [6.07, 6.45) is -0.389. The SMILES string of the molecule is CC(Cc1ccc(-c2cc(Cl)ccc2F)cc1)C[C@@H](O)C(=O)NC(=O)C(C)(C)C. The zero-order valence-electron chi connectivity index (χ0n) is 17.1. The summed E-state index contributed by atoms with van der Waals surface area (Å²) in [6.45, 7) is 7.02. The number of halogens is 2. The van der Waals surface area contributed by atoms with Crippen molar-refractivity contribution in [2.75, 3.05) is 0 Å². The molecule has 0 heterocycles. The molecule has 0 aliphatic rings. The predicted molar refractivity (Wildman–Crippen MR) is 113 cm³/mol. The van der Waals surface area contributed by atoms with E-state index in [1.807, 2.05) is 31.2 Å². The first-order chi connectivity index (χ1) is 13.5. The van der Waals surface area contributed by atoms with Crippen molar-refractivity contribution in [1.82, 2.24) is 5.32 Å². The molecule has 0 aromatic heterocycles. The lowest BCUT2D eigenvalue weighted by Gasteiger charge is -2.20. The highest BCUT2D eigenvalue weighted by molar-refractivity contribution is 6.30. The Hall–Kier alpha value is -2.24. The van der Waals surface area contributed by atoms with Crippen molar-refractivity contribution in [3.05, 3.63) is 58.9 Å². The largest absolute Gasteiger partial charge is 0.383 e. The van der Waals surface area contributed by atoms with E-state index in [9.17, 15) is 19.1 Å². The van der Waals surface area contributed by atoms with Crippen LogP contribution in [0, 0.1) is 17.2 Å². The Kier molecular flexibility index (Phi) is 7.55. The molecule has 0 saturated heterocycles. The molecule has 0 fully saturated rings. The van der Waals surface area contributed by atoms with E-state index >= 15 is 0 Å². The Balaban J connectivity index is 1.95. The van der Waals surface area contributed by atoms with Gasteiger partial charge in [-0.05, 0) is 48.1 Å². The van der Waals surface area contributed by atoms with E-state index in [1.165, 1.54) is 12.1 Å². The number of rotatable bonds is 6. The van der Waals surface area contributed by atoms with Crippen LogP contribution in [0.15, 0.2) is 42.5 Å². The summed E-state index contributed by atoms with van der Waals surface area (Å²) in [6, 6.07) is 11.9. The fourth-order valence-electron chi connectivity index (χ4n) is 2.90. The van der Waals surface area contributed by atoms with Gasteiger partial charge in [-0.15, -0.1) is 0 Å². The lowest BCUT2D eigenvalue weighted by atomic mass is 9.93. The van der Waals surface area contributed by atoms with Crippen molar-refractivity contribution in [3.63, 3.8) is 0 Å². The van der Waals surface area contributed by atoms with Crippen LogP contribution in [0.3, 0.4) is 0 Å². The highest BCUT2D eigenvalue weighted by Gasteiger charge is 2.26. The van der Waals surface area contributed by atoms with E-state index in [4.69, 9.17) is 11.6 Å². The molecule has 1 unspecified atom stereocenters. The van der Waals surface area contributed by atoms with E-state index in [0.29, 0.717) is 17.0 Å². The molecular formula is C23H27ClFNO3. The summed E-state index contributed by atoms with van der Waals surface area (Å²) in [5, 5.41) is 12.8. The molecule has 2 aromatic carbocycles. The normalized spacial score (nSPS) is 13.6. The van der Waals surface area contributed by atoms with Gasteiger partial charge in [0, 0.05) is 16.0 Å². The summed E-state index contributed by atoms with van der Waals surface area (Å²) < 4.78 is 14.0. The maximum Gasteiger partial charge on any atom is 0.255 e. The molecule has 2 atom stereocenters. The van der Waals surface area contributed by atoms with Gasteiger partial charge in [0.2, 0.25) is 5.91 Å². The quantitative estimate of drug-likeness (QED) is 0.709. The maximum absolute atomic E-state index is 14.0. The molecule has 0 radical (unpaired) electrons. The maximum atomic E-state index is 14.0. The van der Waals surface area contributed by atoms with Crippen LogP contribution >= 0.6 is 11.6 Å². The molecule has 0 saturated carbocycles. The number of nitrogens with one attached hydrogen (secondary N) is 1. The van der Waals surface area contributed by atoms with Gasteiger partial charge in [-0.2, -0.15) is 0 Å². The zero-order chi connectivity index (χ0) is 21.8. The van der Waals surface area contributed by atoms with Crippen LogP contribution < -0.4 is 5.32 Å². The zero-order valence-corrected chi connectivity index (χ0v) is 17.9. The van der Waals surface area contributed by atoms with Crippen molar-refractivity contribution in [2.45, 2.75) is 46.6 Å². The van der Waals surface area contributed by atoms with Gasteiger partial charge in [-0.1, -0.05) is 63.6 Å². The smallest absolute Gasteiger partial charge is 0.255 e. The Bertz CT molecular complexity index is 875. The summed E-state index contributed by atoms with van der Waals surface area (Å²) >= 11 is 5.95. The van der Waals surface area contributed by atoms with E-state index < -0.39 is 23.3 Å². The second-order valence-electron chi connectivity index (χ2n) is 8.45.